The van der Waals surface area contributed by atoms with Crippen molar-refractivity contribution in [3.8, 4) is 28.7 Å². The number of amides is 1. The summed E-state index contributed by atoms with van der Waals surface area (Å²) in [7, 11) is 1.88. The Bertz CT molecular complexity index is 955. The largest absolute Gasteiger partial charge is 0.454 e. The molecule has 25 heavy (non-hydrogen) atoms. The number of aromatic nitrogens is 5. The molecule has 0 saturated carbocycles. The predicted molar refractivity (Wildman–Crippen MR) is 87.3 cm³/mol. The summed E-state index contributed by atoms with van der Waals surface area (Å²) < 4.78 is 14.3. The lowest BCUT2D eigenvalue weighted by Gasteiger charge is -2.08. The summed E-state index contributed by atoms with van der Waals surface area (Å²) in [4.78, 5) is 20.1. The molecule has 0 unspecified atom stereocenters. The number of ether oxygens (including phenoxy) is 2. The van der Waals surface area contributed by atoms with Gasteiger partial charge >= 0.3 is 0 Å². The number of hydrogen-bond donors (Lipinski definition) is 1. The molecule has 3 heterocycles. The number of nitrogens with zero attached hydrogens (tertiary/aromatic N) is 5. The second kappa shape index (κ2) is 5.62. The van der Waals surface area contributed by atoms with Gasteiger partial charge in [0.2, 0.25) is 12.7 Å². The zero-order valence-electron chi connectivity index (χ0n) is 13.8. The van der Waals surface area contributed by atoms with Crippen LogP contribution in [0, 0.1) is 6.92 Å². The molecular weight excluding hydrogens is 324 g/mol. The Labute approximate surface area is 143 Å². The van der Waals surface area contributed by atoms with Gasteiger partial charge in [-0.05, 0) is 19.1 Å². The van der Waals surface area contributed by atoms with Crippen LogP contribution in [0.1, 0.15) is 11.5 Å². The first-order valence-electron chi connectivity index (χ1n) is 7.65. The first-order valence-corrected chi connectivity index (χ1v) is 7.65. The fourth-order valence-corrected chi connectivity index (χ4v) is 2.80. The normalized spacial score (nSPS) is 12.6. The monoisotopic (exact) mass is 340 g/mol. The summed E-state index contributed by atoms with van der Waals surface area (Å²) in [5.74, 6) is 1.75. The Hall–Kier alpha value is -3.36. The molecule has 1 amide bonds. The minimum Gasteiger partial charge on any atom is -0.454 e. The van der Waals surface area contributed by atoms with Gasteiger partial charge in [-0.2, -0.15) is 5.10 Å². The Morgan fingerprint density at radius 3 is 2.84 bits per heavy atom. The zero-order chi connectivity index (χ0) is 17.6. The van der Waals surface area contributed by atoms with Gasteiger partial charge in [0.25, 0.3) is 0 Å². The Balaban J connectivity index is 1.88. The van der Waals surface area contributed by atoms with Crippen LogP contribution >= 0.6 is 0 Å². The summed E-state index contributed by atoms with van der Waals surface area (Å²) in [6, 6.07) is 5.48. The Kier molecular flexibility index (Phi) is 3.41. The number of hydrogen-bond acceptors (Lipinski definition) is 6. The van der Waals surface area contributed by atoms with Gasteiger partial charge in [-0.15, -0.1) is 0 Å². The molecule has 0 saturated heterocycles. The molecule has 0 fully saturated rings. The quantitative estimate of drug-likeness (QED) is 0.750. The highest BCUT2D eigenvalue weighted by molar-refractivity contribution is 5.76. The number of imidazole rings is 1. The molecule has 9 heteroatoms. The molecule has 0 spiro atoms. The molecule has 9 nitrogen and oxygen atoms in total. The van der Waals surface area contributed by atoms with Crippen LogP contribution < -0.4 is 15.2 Å². The van der Waals surface area contributed by atoms with E-state index in [-0.39, 0.29) is 13.2 Å². The van der Waals surface area contributed by atoms with E-state index in [0.29, 0.717) is 23.1 Å². The fourth-order valence-electron chi connectivity index (χ4n) is 2.80. The van der Waals surface area contributed by atoms with Crippen LogP contribution in [0.2, 0.25) is 0 Å². The second-order valence-corrected chi connectivity index (χ2v) is 5.73. The first-order chi connectivity index (χ1) is 12.0. The summed E-state index contributed by atoms with van der Waals surface area (Å²) >= 11 is 0. The third-order valence-corrected chi connectivity index (χ3v) is 3.92. The van der Waals surface area contributed by atoms with Crippen molar-refractivity contribution in [2.75, 3.05) is 6.79 Å². The lowest BCUT2D eigenvalue weighted by Crippen LogP contribution is -2.14. The molecule has 128 valence electrons. The third-order valence-electron chi connectivity index (χ3n) is 3.92. The van der Waals surface area contributed by atoms with Gasteiger partial charge in [0, 0.05) is 13.1 Å². The van der Waals surface area contributed by atoms with Gasteiger partial charge in [0.15, 0.2) is 23.1 Å². The van der Waals surface area contributed by atoms with E-state index in [1.165, 1.54) is 0 Å². The van der Waals surface area contributed by atoms with Crippen LogP contribution in [0.5, 0.6) is 11.5 Å². The van der Waals surface area contributed by atoms with E-state index in [1.807, 2.05) is 36.7 Å². The summed E-state index contributed by atoms with van der Waals surface area (Å²) in [5, 5.41) is 4.45. The summed E-state index contributed by atoms with van der Waals surface area (Å²) in [5.41, 5.74) is 7.65. The van der Waals surface area contributed by atoms with E-state index in [9.17, 15) is 4.79 Å². The molecule has 2 N–H and O–H groups in total. The van der Waals surface area contributed by atoms with E-state index < -0.39 is 5.91 Å². The standard InChI is InChI=1S/C16H16N6O3/c1-9-15(21(2)7-18-9)16-19-14(6-13(17)23)20-22(16)10-3-4-11-12(5-10)25-8-24-11/h3-5,7H,6,8H2,1-2H3,(H2,17,23). The maximum atomic E-state index is 11.3. The van der Waals surface area contributed by atoms with E-state index in [1.54, 1.807) is 11.0 Å². The highest BCUT2D eigenvalue weighted by Crippen LogP contribution is 2.34. The third kappa shape index (κ3) is 2.59. The molecule has 0 atom stereocenters. The van der Waals surface area contributed by atoms with Gasteiger partial charge in [0.05, 0.1) is 24.1 Å². The number of carbonyl (C=O) groups excluding carboxylic acids is 1. The predicted octanol–water partition coefficient (Wildman–Crippen LogP) is 0.733. The lowest BCUT2D eigenvalue weighted by atomic mass is 10.2. The van der Waals surface area contributed by atoms with E-state index >= 15 is 0 Å². The van der Waals surface area contributed by atoms with Crippen molar-refractivity contribution in [1.29, 1.82) is 0 Å². The number of benzene rings is 1. The minimum absolute atomic E-state index is 0.0402. The molecule has 0 bridgehead atoms. The Morgan fingerprint density at radius 2 is 2.12 bits per heavy atom. The lowest BCUT2D eigenvalue weighted by molar-refractivity contribution is -0.117. The van der Waals surface area contributed by atoms with E-state index in [0.717, 1.165) is 17.1 Å². The summed E-state index contributed by atoms with van der Waals surface area (Å²) in [6.07, 6.45) is 1.67. The SMILES string of the molecule is Cc1ncn(C)c1-c1nc(CC(N)=O)nn1-c1ccc2c(c1)OCO2. The molecule has 2 aromatic heterocycles. The summed E-state index contributed by atoms with van der Waals surface area (Å²) in [6.45, 7) is 2.08. The molecule has 0 aliphatic carbocycles. The molecule has 1 aliphatic heterocycles. The van der Waals surface area contributed by atoms with Crippen molar-refractivity contribution in [2.24, 2.45) is 12.8 Å². The molecule has 1 aromatic carbocycles. The number of rotatable bonds is 4. The van der Waals surface area contributed by atoms with Crippen LogP contribution in [0.4, 0.5) is 0 Å². The number of carbonyl (C=O) groups is 1. The maximum absolute atomic E-state index is 11.3. The van der Waals surface area contributed by atoms with Gasteiger partial charge in [-0.1, -0.05) is 0 Å². The zero-order valence-corrected chi connectivity index (χ0v) is 13.8. The number of primary amides is 1. The molecule has 0 radical (unpaired) electrons. The highest BCUT2D eigenvalue weighted by atomic mass is 16.7. The molecule has 1 aliphatic rings. The number of nitrogens with two attached hydrogens (primary N) is 1. The van der Waals surface area contributed by atoms with Gasteiger partial charge < -0.3 is 19.8 Å². The second-order valence-electron chi connectivity index (χ2n) is 5.73. The average molecular weight is 340 g/mol. The average Bonchev–Trinajstić information content (AvgIpc) is 3.25. The van der Waals surface area contributed by atoms with Crippen molar-refractivity contribution in [1.82, 2.24) is 24.3 Å². The topological polar surface area (TPSA) is 110 Å². The van der Waals surface area contributed by atoms with Crippen LogP contribution in [-0.2, 0) is 18.3 Å². The van der Waals surface area contributed by atoms with Gasteiger partial charge in [-0.3, -0.25) is 4.79 Å². The van der Waals surface area contributed by atoms with Crippen LogP contribution in [-0.4, -0.2) is 37.0 Å². The van der Waals surface area contributed by atoms with Crippen molar-refractivity contribution >= 4 is 5.91 Å². The molecule has 3 aromatic rings. The fraction of sp³-hybridized carbons (Fsp3) is 0.250. The van der Waals surface area contributed by atoms with Crippen molar-refractivity contribution < 1.29 is 14.3 Å². The molecule has 4 rings (SSSR count). The van der Waals surface area contributed by atoms with Crippen LogP contribution in [0.3, 0.4) is 0 Å². The van der Waals surface area contributed by atoms with Crippen LogP contribution in [0.25, 0.3) is 17.2 Å². The minimum atomic E-state index is -0.490. The number of fused-ring (bicyclic) bond motifs is 1. The van der Waals surface area contributed by atoms with Crippen molar-refractivity contribution in [2.45, 2.75) is 13.3 Å². The van der Waals surface area contributed by atoms with E-state index in [4.69, 9.17) is 15.2 Å². The Morgan fingerprint density at radius 1 is 1.32 bits per heavy atom. The molecular formula is C16H16N6O3. The smallest absolute Gasteiger partial charge is 0.231 e. The van der Waals surface area contributed by atoms with Gasteiger partial charge in [-0.25, -0.2) is 14.6 Å². The number of aryl methyl sites for hydroxylation is 2. The van der Waals surface area contributed by atoms with Crippen molar-refractivity contribution in [3.05, 3.63) is 36.0 Å². The van der Waals surface area contributed by atoms with E-state index in [2.05, 4.69) is 15.1 Å². The van der Waals surface area contributed by atoms with Gasteiger partial charge in [0.1, 0.15) is 5.69 Å². The highest BCUT2D eigenvalue weighted by Gasteiger charge is 2.21. The van der Waals surface area contributed by atoms with Crippen molar-refractivity contribution in [3.63, 3.8) is 0 Å². The first kappa shape index (κ1) is 15.2. The maximum Gasteiger partial charge on any atom is 0.231 e. The van der Waals surface area contributed by atoms with Crippen LogP contribution in [0.15, 0.2) is 24.5 Å².